The topological polar surface area (TPSA) is 50.4 Å². The first-order chi connectivity index (χ1) is 12.3. The fourth-order valence-electron chi connectivity index (χ4n) is 2.84. The number of benzene rings is 2. The summed E-state index contributed by atoms with van der Waals surface area (Å²) < 4.78 is 14.0. The Morgan fingerprint density at radius 3 is 2.77 bits per heavy atom. The summed E-state index contributed by atoms with van der Waals surface area (Å²) in [6.07, 6.45) is 1.63. The first kappa shape index (κ1) is 19.7. The Bertz CT molecular complexity index is 894. The van der Waals surface area contributed by atoms with Crippen molar-refractivity contribution in [2.75, 3.05) is 5.75 Å². The minimum Gasteiger partial charge on any atom is -0.375 e. The molecule has 0 aromatic heterocycles. The lowest BCUT2D eigenvalue weighted by Crippen LogP contribution is -2.38. The largest absolute Gasteiger partial charge is 0.375 e. The lowest BCUT2D eigenvalue weighted by molar-refractivity contribution is 0.569. The summed E-state index contributed by atoms with van der Waals surface area (Å²) in [6, 6.07) is 9.74. The molecule has 0 radical (unpaired) electrons. The van der Waals surface area contributed by atoms with Crippen LogP contribution in [0.5, 0.6) is 0 Å². The number of nitrogens with one attached hydrogen (secondary N) is 1. The van der Waals surface area contributed by atoms with Gasteiger partial charge in [-0.2, -0.15) is 5.10 Å². The second-order valence-corrected chi connectivity index (χ2v) is 8.57. The van der Waals surface area contributed by atoms with Crippen molar-refractivity contribution in [1.82, 2.24) is 5.43 Å². The first-order valence-electron chi connectivity index (χ1n) is 7.48. The van der Waals surface area contributed by atoms with E-state index in [1.54, 1.807) is 42.2 Å². The molecule has 2 aromatic rings. The van der Waals surface area contributed by atoms with E-state index in [-0.39, 0.29) is 16.8 Å². The normalized spacial score (nSPS) is 22.2. The fourth-order valence-corrected chi connectivity index (χ4v) is 4.98. The van der Waals surface area contributed by atoms with Crippen molar-refractivity contribution in [3.05, 3.63) is 63.4 Å². The number of hydrazone groups is 1. The summed E-state index contributed by atoms with van der Waals surface area (Å²) in [5.74, 6) is -0.0129. The van der Waals surface area contributed by atoms with Crippen LogP contribution in [0.4, 0.5) is 4.39 Å². The predicted molar refractivity (Wildman–Crippen MR) is 112 cm³/mol. The van der Waals surface area contributed by atoms with Crippen molar-refractivity contribution in [3.8, 4) is 0 Å². The standard InChI is InChI=1S/C17H13Cl3FN3S2/c18-13-3-1-9(5-14(13)19)17(20)10(7-23-24-16(22)25)8-26-15-4-2-11(21)6-12(15)17/h1-7,10H,8H2,(H3,22,24,25). The maximum atomic E-state index is 14.0. The fraction of sp³-hybridized carbons (Fsp3) is 0.176. The highest BCUT2D eigenvalue weighted by Gasteiger charge is 2.44. The molecule has 3 rings (SSSR count). The number of hydrogen-bond donors (Lipinski definition) is 2. The van der Waals surface area contributed by atoms with Gasteiger partial charge in [-0.25, -0.2) is 4.39 Å². The third-order valence-electron chi connectivity index (χ3n) is 4.03. The molecule has 1 aliphatic heterocycles. The van der Waals surface area contributed by atoms with Crippen LogP contribution in [-0.2, 0) is 4.87 Å². The van der Waals surface area contributed by atoms with Gasteiger partial charge < -0.3 is 5.73 Å². The Labute approximate surface area is 175 Å². The Kier molecular flexibility index (Phi) is 5.99. The zero-order chi connectivity index (χ0) is 18.9. The Hall–Kier alpha value is -1.05. The van der Waals surface area contributed by atoms with Gasteiger partial charge in [-0.05, 0) is 53.7 Å². The summed E-state index contributed by atoms with van der Waals surface area (Å²) >= 11 is 25.7. The molecule has 0 aliphatic carbocycles. The zero-order valence-electron chi connectivity index (χ0n) is 13.2. The molecule has 2 atom stereocenters. The summed E-state index contributed by atoms with van der Waals surface area (Å²) in [4.78, 5) is -0.169. The molecule has 0 bridgehead atoms. The van der Waals surface area contributed by atoms with Crippen molar-refractivity contribution in [3.63, 3.8) is 0 Å². The summed E-state index contributed by atoms with van der Waals surface area (Å²) in [5.41, 5.74) is 9.29. The average molecular weight is 449 g/mol. The smallest absolute Gasteiger partial charge is 0.184 e. The van der Waals surface area contributed by atoms with E-state index in [1.165, 1.54) is 12.1 Å². The van der Waals surface area contributed by atoms with Crippen LogP contribution < -0.4 is 11.2 Å². The van der Waals surface area contributed by atoms with E-state index in [0.717, 1.165) is 4.90 Å². The number of nitrogens with zero attached hydrogens (tertiary/aromatic N) is 1. The number of nitrogens with two attached hydrogens (primary N) is 1. The van der Waals surface area contributed by atoms with Crippen LogP contribution in [0.15, 0.2) is 46.4 Å². The molecule has 136 valence electrons. The maximum Gasteiger partial charge on any atom is 0.184 e. The maximum absolute atomic E-state index is 14.0. The molecule has 0 saturated heterocycles. The number of thiocarbonyl (C=S) groups is 1. The van der Waals surface area contributed by atoms with Crippen LogP contribution in [0.2, 0.25) is 10.0 Å². The van der Waals surface area contributed by atoms with Gasteiger partial charge in [-0.1, -0.05) is 29.3 Å². The van der Waals surface area contributed by atoms with E-state index < -0.39 is 4.87 Å². The zero-order valence-corrected chi connectivity index (χ0v) is 17.1. The van der Waals surface area contributed by atoms with Gasteiger partial charge in [0.1, 0.15) is 10.7 Å². The van der Waals surface area contributed by atoms with Gasteiger partial charge in [0, 0.05) is 22.8 Å². The van der Waals surface area contributed by atoms with Gasteiger partial charge in [0.05, 0.1) is 10.0 Å². The Balaban J connectivity index is 2.15. The summed E-state index contributed by atoms with van der Waals surface area (Å²) in [6.45, 7) is 0. The van der Waals surface area contributed by atoms with Gasteiger partial charge in [0.15, 0.2) is 5.11 Å². The minimum absolute atomic E-state index is 0.0471. The Morgan fingerprint density at radius 1 is 1.31 bits per heavy atom. The molecule has 2 aromatic carbocycles. The molecule has 1 aliphatic rings. The molecule has 26 heavy (non-hydrogen) atoms. The number of fused-ring (bicyclic) bond motifs is 1. The molecule has 0 fully saturated rings. The van der Waals surface area contributed by atoms with Crippen molar-refractivity contribution in [2.45, 2.75) is 9.77 Å². The van der Waals surface area contributed by atoms with Crippen molar-refractivity contribution in [2.24, 2.45) is 16.8 Å². The number of thioether (sulfide) groups is 1. The SMILES string of the molecule is NC(=S)NN=CC1CSc2ccc(F)cc2C1(Cl)c1ccc(Cl)c(Cl)c1. The highest BCUT2D eigenvalue weighted by molar-refractivity contribution is 7.99. The van der Waals surface area contributed by atoms with Crippen molar-refractivity contribution < 1.29 is 4.39 Å². The van der Waals surface area contributed by atoms with Crippen LogP contribution in [-0.4, -0.2) is 17.1 Å². The molecule has 3 N–H and O–H groups in total. The van der Waals surface area contributed by atoms with E-state index in [0.29, 0.717) is 26.9 Å². The third-order valence-corrected chi connectivity index (χ3v) is 6.76. The Morgan fingerprint density at radius 2 is 2.08 bits per heavy atom. The molecule has 0 amide bonds. The highest BCUT2D eigenvalue weighted by atomic mass is 35.5. The number of halogens is 4. The molecule has 0 spiro atoms. The first-order valence-corrected chi connectivity index (χ1v) is 10.0. The van der Waals surface area contributed by atoms with Gasteiger partial charge in [-0.15, -0.1) is 23.4 Å². The van der Waals surface area contributed by atoms with Gasteiger partial charge in [0.2, 0.25) is 0 Å². The quantitative estimate of drug-likeness (QED) is 0.295. The van der Waals surface area contributed by atoms with Gasteiger partial charge in [-0.3, -0.25) is 5.43 Å². The molecular weight excluding hydrogens is 436 g/mol. The molecule has 9 heteroatoms. The highest BCUT2D eigenvalue weighted by Crippen LogP contribution is 2.52. The van der Waals surface area contributed by atoms with Crippen LogP contribution >= 0.6 is 58.8 Å². The van der Waals surface area contributed by atoms with E-state index >= 15 is 0 Å². The third kappa shape index (κ3) is 3.80. The minimum atomic E-state index is -1.07. The molecule has 1 heterocycles. The van der Waals surface area contributed by atoms with Gasteiger partial charge in [0.25, 0.3) is 0 Å². The van der Waals surface area contributed by atoms with Crippen molar-refractivity contribution >= 4 is 70.1 Å². The lowest BCUT2D eigenvalue weighted by Gasteiger charge is -2.39. The molecule has 3 nitrogen and oxygen atoms in total. The second kappa shape index (κ2) is 7.90. The number of hydrogen-bond acceptors (Lipinski definition) is 3. The molecule has 2 unspecified atom stereocenters. The van der Waals surface area contributed by atoms with E-state index in [1.807, 2.05) is 0 Å². The lowest BCUT2D eigenvalue weighted by atomic mass is 9.80. The van der Waals surface area contributed by atoms with Crippen LogP contribution in [0.25, 0.3) is 0 Å². The van der Waals surface area contributed by atoms with Crippen LogP contribution in [0.3, 0.4) is 0 Å². The van der Waals surface area contributed by atoms with Crippen LogP contribution in [0, 0.1) is 11.7 Å². The van der Waals surface area contributed by atoms with Gasteiger partial charge >= 0.3 is 0 Å². The number of alkyl halides is 1. The molecular formula is C17H13Cl3FN3S2. The van der Waals surface area contributed by atoms with E-state index in [4.69, 9.17) is 52.8 Å². The van der Waals surface area contributed by atoms with Crippen molar-refractivity contribution in [1.29, 1.82) is 0 Å². The summed E-state index contributed by atoms with van der Waals surface area (Å²) in [7, 11) is 0. The average Bonchev–Trinajstić information content (AvgIpc) is 2.59. The molecule has 0 saturated carbocycles. The van der Waals surface area contributed by atoms with E-state index in [2.05, 4.69) is 10.5 Å². The predicted octanol–water partition coefficient (Wildman–Crippen LogP) is 5.16. The van der Waals surface area contributed by atoms with Crippen LogP contribution in [0.1, 0.15) is 11.1 Å². The second-order valence-electron chi connectivity index (χ2n) is 5.65. The van der Waals surface area contributed by atoms with E-state index in [9.17, 15) is 4.39 Å². The number of rotatable bonds is 3. The summed E-state index contributed by atoms with van der Waals surface area (Å²) in [5, 5.41) is 4.90. The monoisotopic (exact) mass is 447 g/mol.